The second-order valence-corrected chi connectivity index (χ2v) is 4.61. The Hall–Kier alpha value is -1.64. The minimum Gasteiger partial charge on any atom is -0.466 e. The van der Waals surface area contributed by atoms with Crippen molar-refractivity contribution in [3.05, 3.63) is 35.9 Å². The van der Waals surface area contributed by atoms with Crippen molar-refractivity contribution >= 4 is 11.8 Å². The average molecular weight is 246 g/mol. The molecule has 1 saturated carbocycles. The second kappa shape index (κ2) is 5.80. The summed E-state index contributed by atoms with van der Waals surface area (Å²) in [7, 11) is 0. The first-order chi connectivity index (χ1) is 8.74. The maximum Gasteiger partial charge on any atom is 0.309 e. The van der Waals surface area contributed by atoms with Crippen LogP contribution in [0.1, 0.15) is 37.7 Å². The molecule has 96 valence electrons. The zero-order valence-corrected chi connectivity index (χ0v) is 10.6. The topological polar surface area (TPSA) is 43.4 Å². The molecule has 2 unspecified atom stereocenters. The third-order valence-corrected chi connectivity index (χ3v) is 3.44. The van der Waals surface area contributed by atoms with Crippen LogP contribution >= 0.6 is 0 Å². The van der Waals surface area contributed by atoms with Crippen molar-refractivity contribution in [1.29, 1.82) is 0 Å². The van der Waals surface area contributed by atoms with Gasteiger partial charge in [0, 0.05) is 6.42 Å². The summed E-state index contributed by atoms with van der Waals surface area (Å²) in [5.74, 6) is -0.711. The van der Waals surface area contributed by atoms with E-state index in [0.29, 0.717) is 13.0 Å². The normalized spacial score (nSPS) is 23.7. The van der Waals surface area contributed by atoms with Gasteiger partial charge in [-0.1, -0.05) is 30.3 Å². The van der Waals surface area contributed by atoms with E-state index >= 15 is 0 Å². The van der Waals surface area contributed by atoms with Crippen LogP contribution in [0.5, 0.6) is 0 Å². The zero-order valence-electron chi connectivity index (χ0n) is 10.6. The van der Waals surface area contributed by atoms with E-state index in [1.807, 2.05) is 30.3 Å². The Morgan fingerprint density at radius 2 is 2.06 bits per heavy atom. The maximum absolute atomic E-state index is 12.1. The highest BCUT2D eigenvalue weighted by Crippen LogP contribution is 2.36. The highest BCUT2D eigenvalue weighted by Gasteiger charge is 2.38. The van der Waals surface area contributed by atoms with Gasteiger partial charge in [-0.25, -0.2) is 0 Å². The van der Waals surface area contributed by atoms with Crippen LogP contribution in [0, 0.1) is 5.92 Å². The molecule has 1 fully saturated rings. The first-order valence-corrected chi connectivity index (χ1v) is 6.48. The van der Waals surface area contributed by atoms with Crippen molar-refractivity contribution in [2.75, 3.05) is 6.61 Å². The number of rotatable bonds is 3. The lowest BCUT2D eigenvalue weighted by atomic mass is 9.74. The van der Waals surface area contributed by atoms with Crippen LogP contribution in [0.4, 0.5) is 0 Å². The van der Waals surface area contributed by atoms with Gasteiger partial charge in [-0.2, -0.15) is 0 Å². The molecule has 18 heavy (non-hydrogen) atoms. The number of benzene rings is 1. The van der Waals surface area contributed by atoms with E-state index in [2.05, 4.69) is 0 Å². The smallest absolute Gasteiger partial charge is 0.309 e. The summed E-state index contributed by atoms with van der Waals surface area (Å²) in [5, 5.41) is 0. The van der Waals surface area contributed by atoms with E-state index in [9.17, 15) is 9.59 Å². The number of hydrogen-bond donors (Lipinski definition) is 0. The molecular weight excluding hydrogens is 228 g/mol. The number of ether oxygens (including phenoxy) is 1. The van der Waals surface area contributed by atoms with Gasteiger partial charge in [-0.15, -0.1) is 0 Å². The van der Waals surface area contributed by atoms with Crippen LogP contribution in [0.3, 0.4) is 0 Å². The molecule has 0 spiro atoms. The predicted octanol–water partition coefficient (Wildman–Crippen LogP) is 2.70. The molecule has 1 aromatic rings. The zero-order chi connectivity index (χ0) is 13.0. The first-order valence-electron chi connectivity index (χ1n) is 6.48. The molecule has 0 aliphatic heterocycles. The van der Waals surface area contributed by atoms with Crippen LogP contribution in [-0.2, 0) is 14.3 Å². The number of ketones is 1. The molecule has 0 N–H and O–H groups in total. The number of carbonyl (C=O) groups is 2. The van der Waals surface area contributed by atoms with Crippen molar-refractivity contribution in [3.63, 3.8) is 0 Å². The summed E-state index contributed by atoms with van der Waals surface area (Å²) in [6.45, 7) is 2.16. The van der Waals surface area contributed by atoms with Crippen molar-refractivity contribution in [1.82, 2.24) is 0 Å². The summed E-state index contributed by atoms with van der Waals surface area (Å²) in [6, 6.07) is 9.55. The lowest BCUT2D eigenvalue weighted by Crippen LogP contribution is -2.33. The lowest BCUT2D eigenvalue weighted by molar-refractivity contribution is -0.152. The molecule has 1 aliphatic carbocycles. The van der Waals surface area contributed by atoms with Crippen LogP contribution < -0.4 is 0 Å². The Morgan fingerprint density at radius 3 is 2.72 bits per heavy atom. The maximum atomic E-state index is 12.1. The highest BCUT2D eigenvalue weighted by atomic mass is 16.5. The minimum atomic E-state index is -0.320. The minimum absolute atomic E-state index is 0.158. The van der Waals surface area contributed by atoms with Gasteiger partial charge in [0.25, 0.3) is 0 Å². The van der Waals surface area contributed by atoms with Gasteiger partial charge in [0.05, 0.1) is 18.4 Å². The average Bonchev–Trinajstić information content (AvgIpc) is 2.39. The molecule has 1 aromatic carbocycles. The van der Waals surface area contributed by atoms with Gasteiger partial charge in [0.15, 0.2) is 0 Å². The van der Waals surface area contributed by atoms with Gasteiger partial charge in [-0.05, 0) is 25.3 Å². The number of esters is 1. The molecule has 3 heteroatoms. The second-order valence-electron chi connectivity index (χ2n) is 4.61. The molecule has 0 saturated heterocycles. The van der Waals surface area contributed by atoms with Crippen LogP contribution in [0.15, 0.2) is 30.3 Å². The van der Waals surface area contributed by atoms with Crippen molar-refractivity contribution in [2.24, 2.45) is 5.92 Å². The fourth-order valence-electron chi connectivity index (χ4n) is 2.62. The molecule has 0 bridgehead atoms. The van der Waals surface area contributed by atoms with Gasteiger partial charge in [0.1, 0.15) is 5.78 Å². The van der Waals surface area contributed by atoms with Crippen molar-refractivity contribution in [2.45, 2.75) is 32.1 Å². The summed E-state index contributed by atoms with van der Waals surface area (Å²) in [4.78, 5) is 24.1. The third kappa shape index (κ3) is 2.61. The highest BCUT2D eigenvalue weighted by molar-refractivity contribution is 5.92. The van der Waals surface area contributed by atoms with Crippen LogP contribution in [-0.4, -0.2) is 18.4 Å². The molecule has 0 amide bonds. The molecular formula is C15H18O3. The molecule has 1 aliphatic rings. The van der Waals surface area contributed by atoms with E-state index in [-0.39, 0.29) is 23.6 Å². The molecule has 3 nitrogen and oxygen atoms in total. The molecule has 0 radical (unpaired) electrons. The SMILES string of the molecule is CCOC(=O)C1CCCC(=O)C1c1ccccc1. The molecule has 2 atom stereocenters. The van der Waals surface area contributed by atoms with Gasteiger partial charge in [-0.3, -0.25) is 9.59 Å². The molecule has 2 rings (SSSR count). The standard InChI is InChI=1S/C15H18O3/c1-2-18-15(17)12-9-6-10-13(16)14(12)11-7-4-3-5-8-11/h3-5,7-8,12,14H,2,6,9-10H2,1H3. The van der Waals surface area contributed by atoms with E-state index in [1.165, 1.54) is 0 Å². The quantitative estimate of drug-likeness (QED) is 0.770. The number of Topliss-reactive ketones (excluding diaryl/α,β-unsaturated/α-hetero) is 1. The van der Waals surface area contributed by atoms with E-state index in [4.69, 9.17) is 4.74 Å². The van der Waals surface area contributed by atoms with E-state index in [1.54, 1.807) is 6.92 Å². The summed E-state index contributed by atoms with van der Waals surface area (Å²) in [6.07, 6.45) is 2.09. The monoisotopic (exact) mass is 246 g/mol. The summed E-state index contributed by atoms with van der Waals surface area (Å²) >= 11 is 0. The number of hydrogen-bond acceptors (Lipinski definition) is 3. The van der Waals surface area contributed by atoms with Gasteiger partial charge < -0.3 is 4.74 Å². The Bertz CT molecular complexity index is 425. The van der Waals surface area contributed by atoms with Crippen LogP contribution in [0.25, 0.3) is 0 Å². The fraction of sp³-hybridized carbons (Fsp3) is 0.467. The Balaban J connectivity index is 2.26. The Morgan fingerprint density at radius 1 is 1.33 bits per heavy atom. The Kier molecular flexibility index (Phi) is 4.13. The summed E-state index contributed by atoms with van der Waals surface area (Å²) in [5.41, 5.74) is 0.931. The van der Waals surface area contributed by atoms with Crippen molar-refractivity contribution < 1.29 is 14.3 Å². The van der Waals surface area contributed by atoms with E-state index < -0.39 is 0 Å². The largest absolute Gasteiger partial charge is 0.466 e. The summed E-state index contributed by atoms with van der Waals surface area (Å²) < 4.78 is 5.09. The van der Waals surface area contributed by atoms with E-state index in [0.717, 1.165) is 18.4 Å². The van der Waals surface area contributed by atoms with Crippen LogP contribution in [0.2, 0.25) is 0 Å². The lowest BCUT2D eigenvalue weighted by Gasteiger charge is -2.28. The van der Waals surface area contributed by atoms with Gasteiger partial charge >= 0.3 is 5.97 Å². The Labute approximate surface area is 107 Å². The predicted molar refractivity (Wildman–Crippen MR) is 68.2 cm³/mol. The third-order valence-electron chi connectivity index (χ3n) is 3.44. The molecule has 0 heterocycles. The fourth-order valence-corrected chi connectivity index (χ4v) is 2.62. The first kappa shape index (κ1) is 12.8. The van der Waals surface area contributed by atoms with Gasteiger partial charge in [0.2, 0.25) is 0 Å². The molecule has 0 aromatic heterocycles. The number of carbonyl (C=O) groups excluding carboxylic acids is 2. The van der Waals surface area contributed by atoms with Crippen molar-refractivity contribution in [3.8, 4) is 0 Å².